The zero-order valence-corrected chi connectivity index (χ0v) is 15.6. The Labute approximate surface area is 155 Å². The predicted molar refractivity (Wildman–Crippen MR) is 106 cm³/mol. The molecule has 2 N–H and O–H groups in total. The van der Waals surface area contributed by atoms with Crippen LogP contribution < -0.4 is 5.32 Å². The Hall–Kier alpha value is -2.40. The number of rotatable bonds is 6. The lowest BCUT2D eigenvalue weighted by Gasteiger charge is -2.31. The van der Waals surface area contributed by atoms with Crippen molar-refractivity contribution in [3.05, 3.63) is 48.7 Å². The number of aromatic nitrogens is 2. The summed E-state index contributed by atoms with van der Waals surface area (Å²) < 4.78 is 0. The molecule has 0 spiro atoms. The van der Waals surface area contributed by atoms with Crippen molar-refractivity contribution in [3.8, 4) is 11.3 Å². The molecule has 1 saturated heterocycles. The highest BCUT2D eigenvalue weighted by atomic mass is 16.1. The Bertz CT molecular complexity index is 719. The average molecular weight is 352 g/mol. The Morgan fingerprint density at radius 1 is 1.35 bits per heavy atom. The van der Waals surface area contributed by atoms with Crippen molar-refractivity contribution in [2.75, 3.05) is 25.0 Å². The second-order valence-corrected chi connectivity index (χ2v) is 7.31. The van der Waals surface area contributed by atoms with Crippen LogP contribution in [0.15, 0.2) is 48.7 Å². The first-order valence-corrected chi connectivity index (χ1v) is 9.41. The summed E-state index contributed by atoms with van der Waals surface area (Å²) >= 11 is 0. The SMILES string of the molecule is CC(C)/C=C/CN1CCC[C@H](C(=O)Nc2ccc(-c3ccn[nH]3)cc2)C1. The molecule has 5 nitrogen and oxygen atoms in total. The van der Waals surface area contributed by atoms with Crippen LogP contribution in [0.1, 0.15) is 26.7 Å². The largest absolute Gasteiger partial charge is 0.326 e. The van der Waals surface area contributed by atoms with Gasteiger partial charge in [0.2, 0.25) is 5.91 Å². The van der Waals surface area contributed by atoms with E-state index in [1.165, 1.54) is 0 Å². The van der Waals surface area contributed by atoms with Gasteiger partial charge in [-0.25, -0.2) is 0 Å². The molecular formula is C21H28N4O. The molecule has 1 aromatic heterocycles. The molecule has 2 aromatic rings. The molecule has 0 bridgehead atoms. The number of hydrogen-bond acceptors (Lipinski definition) is 3. The number of amides is 1. The first-order valence-electron chi connectivity index (χ1n) is 9.41. The first kappa shape index (κ1) is 18.4. The predicted octanol–water partition coefficient (Wildman–Crippen LogP) is 3.94. The van der Waals surface area contributed by atoms with Crippen LogP contribution in [0.25, 0.3) is 11.3 Å². The number of likely N-dealkylation sites (tertiary alicyclic amines) is 1. The van der Waals surface area contributed by atoms with Crippen molar-refractivity contribution < 1.29 is 4.79 Å². The van der Waals surface area contributed by atoms with Crippen LogP contribution in [-0.2, 0) is 4.79 Å². The molecule has 1 atom stereocenters. The van der Waals surface area contributed by atoms with E-state index in [1.54, 1.807) is 6.20 Å². The van der Waals surface area contributed by atoms with Crippen molar-refractivity contribution >= 4 is 11.6 Å². The molecule has 0 aliphatic carbocycles. The third kappa shape index (κ3) is 5.05. The average Bonchev–Trinajstić information content (AvgIpc) is 3.17. The van der Waals surface area contributed by atoms with Gasteiger partial charge in [0.25, 0.3) is 0 Å². The quantitative estimate of drug-likeness (QED) is 0.774. The van der Waals surface area contributed by atoms with Gasteiger partial charge in [-0.3, -0.25) is 14.8 Å². The van der Waals surface area contributed by atoms with Gasteiger partial charge >= 0.3 is 0 Å². The van der Waals surface area contributed by atoms with Gasteiger partial charge in [0.15, 0.2) is 0 Å². The molecule has 1 aromatic carbocycles. The molecule has 2 heterocycles. The maximum Gasteiger partial charge on any atom is 0.228 e. The second kappa shape index (κ2) is 8.81. The molecule has 1 aliphatic heterocycles. The van der Waals surface area contributed by atoms with Crippen molar-refractivity contribution in [3.63, 3.8) is 0 Å². The second-order valence-electron chi connectivity index (χ2n) is 7.31. The fourth-order valence-electron chi connectivity index (χ4n) is 3.31. The molecule has 1 amide bonds. The van der Waals surface area contributed by atoms with Gasteiger partial charge in [-0.1, -0.05) is 38.1 Å². The van der Waals surface area contributed by atoms with Crippen molar-refractivity contribution in [2.24, 2.45) is 11.8 Å². The first-order chi connectivity index (χ1) is 12.6. The van der Waals surface area contributed by atoms with Crippen LogP contribution in [0.3, 0.4) is 0 Å². The molecule has 138 valence electrons. The number of benzene rings is 1. The van der Waals surface area contributed by atoms with E-state index in [9.17, 15) is 4.79 Å². The summed E-state index contributed by atoms with van der Waals surface area (Å²) in [4.78, 5) is 15.0. The summed E-state index contributed by atoms with van der Waals surface area (Å²) in [6, 6.07) is 9.80. The van der Waals surface area contributed by atoms with Crippen LogP contribution >= 0.6 is 0 Å². The Morgan fingerprint density at radius 2 is 2.15 bits per heavy atom. The van der Waals surface area contributed by atoms with Gasteiger partial charge in [0.05, 0.1) is 11.6 Å². The summed E-state index contributed by atoms with van der Waals surface area (Å²) in [6.45, 7) is 7.20. The maximum absolute atomic E-state index is 12.6. The molecule has 0 radical (unpaired) electrons. The number of hydrogen-bond donors (Lipinski definition) is 2. The van der Waals surface area contributed by atoms with Gasteiger partial charge in [-0.05, 0) is 49.1 Å². The standard InChI is InChI=1S/C21H28N4O/c1-16(2)5-3-13-25-14-4-6-18(15-25)21(26)23-19-9-7-17(8-10-19)20-11-12-22-24-20/h3,5,7-12,16,18H,4,6,13-15H2,1-2H3,(H,22,24)(H,23,26)/b5-3+/t18-/m0/s1. The van der Waals surface area contributed by atoms with E-state index >= 15 is 0 Å². The fourth-order valence-corrected chi connectivity index (χ4v) is 3.31. The number of nitrogens with one attached hydrogen (secondary N) is 2. The number of nitrogens with zero attached hydrogens (tertiary/aromatic N) is 2. The van der Waals surface area contributed by atoms with E-state index in [1.807, 2.05) is 30.3 Å². The monoisotopic (exact) mass is 352 g/mol. The molecule has 1 aliphatic rings. The summed E-state index contributed by atoms with van der Waals surface area (Å²) in [7, 11) is 0. The van der Waals surface area contributed by atoms with Crippen LogP contribution in [0.4, 0.5) is 5.69 Å². The molecule has 0 saturated carbocycles. The van der Waals surface area contributed by atoms with E-state index in [4.69, 9.17) is 0 Å². The summed E-state index contributed by atoms with van der Waals surface area (Å²) in [5.74, 6) is 0.754. The molecular weight excluding hydrogens is 324 g/mol. The van der Waals surface area contributed by atoms with Crippen molar-refractivity contribution in [1.29, 1.82) is 0 Å². The zero-order chi connectivity index (χ0) is 18.4. The van der Waals surface area contributed by atoms with Gasteiger partial charge in [0.1, 0.15) is 0 Å². The summed E-state index contributed by atoms with van der Waals surface area (Å²) in [5.41, 5.74) is 2.87. The third-order valence-corrected chi connectivity index (χ3v) is 4.73. The summed E-state index contributed by atoms with van der Waals surface area (Å²) in [5, 5.41) is 9.98. The highest BCUT2D eigenvalue weighted by molar-refractivity contribution is 5.93. The minimum absolute atomic E-state index is 0.0588. The number of carbonyl (C=O) groups is 1. The van der Waals surface area contributed by atoms with E-state index < -0.39 is 0 Å². The number of anilines is 1. The number of H-pyrrole nitrogens is 1. The highest BCUT2D eigenvalue weighted by Gasteiger charge is 2.25. The van der Waals surface area contributed by atoms with Crippen LogP contribution in [0.2, 0.25) is 0 Å². The normalized spacial score (nSPS) is 18.5. The highest BCUT2D eigenvalue weighted by Crippen LogP contribution is 2.21. The summed E-state index contributed by atoms with van der Waals surface area (Å²) in [6.07, 6.45) is 8.22. The van der Waals surface area contributed by atoms with Crippen LogP contribution in [0.5, 0.6) is 0 Å². The molecule has 0 unspecified atom stereocenters. The Balaban J connectivity index is 1.54. The Morgan fingerprint density at radius 3 is 2.85 bits per heavy atom. The molecule has 5 heteroatoms. The third-order valence-electron chi connectivity index (χ3n) is 4.73. The zero-order valence-electron chi connectivity index (χ0n) is 15.6. The van der Waals surface area contributed by atoms with E-state index in [-0.39, 0.29) is 11.8 Å². The lowest BCUT2D eigenvalue weighted by atomic mass is 9.97. The molecule has 26 heavy (non-hydrogen) atoms. The van der Waals surface area contributed by atoms with Gasteiger partial charge in [-0.2, -0.15) is 5.10 Å². The number of aromatic amines is 1. The molecule has 3 rings (SSSR count). The smallest absolute Gasteiger partial charge is 0.228 e. The van der Waals surface area contributed by atoms with Crippen molar-refractivity contribution in [2.45, 2.75) is 26.7 Å². The van der Waals surface area contributed by atoms with Gasteiger partial charge in [0, 0.05) is 25.0 Å². The van der Waals surface area contributed by atoms with Crippen LogP contribution in [0, 0.1) is 11.8 Å². The topological polar surface area (TPSA) is 61.0 Å². The lowest BCUT2D eigenvalue weighted by Crippen LogP contribution is -2.40. The fraction of sp³-hybridized carbons (Fsp3) is 0.429. The Kier molecular flexibility index (Phi) is 6.23. The van der Waals surface area contributed by atoms with E-state index in [0.29, 0.717) is 5.92 Å². The van der Waals surface area contributed by atoms with Crippen molar-refractivity contribution in [1.82, 2.24) is 15.1 Å². The minimum atomic E-state index is 0.0588. The lowest BCUT2D eigenvalue weighted by molar-refractivity contribution is -0.121. The number of allylic oxidation sites excluding steroid dienone is 1. The van der Waals surface area contributed by atoms with E-state index in [0.717, 1.165) is 49.4 Å². The maximum atomic E-state index is 12.6. The van der Waals surface area contributed by atoms with E-state index in [2.05, 4.69) is 46.4 Å². The number of piperidine rings is 1. The molecule has 1 fully saturated rings. The van der Waals surface area contributed by atoms with Gasteiger partial charge in [-0.15, -0.1) is 0 Å². The number of carbonyl (C=O) groups excluding carboxylic acids is 1. The van der Waals surface area contributed by atoms with Crippen LogP contribution in [-0.4, -0.2) is 40.6 Å². The minimum Gasteiger partial charge on any atom is -0.326 e. The van der Waals surface area contributed by atoms with Gasteiger partial charge < -0.3 is 5.32 Å².